The van der Waals surface area contributed by atoms with Gasteiger partial charge in [0.2, 0.25) is 0 Å². The second-order valence-corrected chi connectivity index (χ2v) is 5.68. The highest BCUT2D eigenvalue weighted by Crippen LogP contribution is 2.46. The molecule has 1 aliphatic rings. The number of halogens is 2. The van der Waals surface area contributed by atoms with Gasteiger partial charge < -0.3 is 10.3 Å². The number of hydrogen-bond acceptors (Lipinski definition) is 4. The smallest absolute Gasteiger partial charge is 0.260 e. The van der Waals surface area contributed by atoms with Crippen LogP contribution in [0.3, 0.4) is 0 Å². The summed E-state index contributed by atoms with van der Waals surface area (Å²) >= 11 is 11.9. The van der Waals surface area contributed by atoms with E-state index in [0.29, 0.717) is 33.0 Å². The molecule has 0 unspecified atom stereocenters. The maximum Gasteiger partial charge on any atom is 0.260 e. The first-order chi connectivity index (χ1) is 8.49. The van der Waals surface area contributed by atoms with E-state index in [9.17, 15) is 0 Å². The van der Waals surface area contributed by atoms with Gasteiger partial charge in [0.05, 0.1) is 16.3 Å². The van der Waals surface area contributed by atoms with Gasteiger partial charge in [0.15, 0.2) is 5.82 Å². The molecular weight excluding hydrogens is 273 g/mol. The summed E-state index contributed by atoms with van der Waals surface area (Å²) in [5.41, 5.74) is 6.93. The van der Waals surface area contributed by atoms with Crippen LogP contribution in [0.4, 0.5) is 5.69 Å². The van der Waals surface area contributed by atoms with Gasteiger partial charge in [0.1, 0.15) is 0 Å². The van der Waals surface area contributed by atoms with Crippen molar-refractivity contribution in [2.45, 2.75) is 25.2 Å². The SMILES string of the molecule is CC1(c2noc(-c3cc(Cl)cc(Cl)c3N)n2)CC1. The van der Waals surface area contributed by atoms with Gasteiger partial charge in [-0.1, -0.05) is 35.3 Å². The summed E-state index contributed by atoms with van der Waals surface area (Å²) in [5.74, 6) is 1.08. The molecule has 1 heterocycles. The van der Waals surface area contributed by atoms with Gasteiger partial charge in [0, 0.05) is 10.4 Å². The maximum atomic E-state index is 5.98. The van der Waals surface area contributed by atoms with E-state index in [-0.39, 0.29) is 5.41 Å². The summed E-state index contributed by atoms with van der Waals surface area (Å²) in [5, 5.41) is 4.87. The predicted molar refractivity (Wildman–Crippen MR) is 70.8 cm³/mol. The minimum absolute atomic E-state index is 0.0544. The molecule has 1 aliphatic carbocycles. The van der Waals surface area contributed by atoms with Gasteiger partial charge >= 0.3 is 0 Å². The largest absolute Gasteiger partial charge is 0.397 e. The fourth-order valence-corrected chi connectivity index (χ4v) is 2.24. The Morgan fingerprint density at radius 2 is 2.06 bits per heavy atom. The minimum atomic E-state index is 0.0544. The number of hydrogen-bond donors (Lipinski definition) is 1. The average Bonchev–Trinajstić information content (AvgIpc) is 2.90. The maximum absolute atomic E-state index is 5.98. The zero-order valence-electron chi connectivity index (χ0n) is 9.70. The van der Waals surface area contributed by atoms with Gasteiger partial charge in [-0.3, -0.25) is 0 Å². The molecule has 0 spiro atoms. The van der Waals surface area contributed by atoms with Crippen molar-refractivity contribution in [3.63, 3.8) is 0 Å². The Kier molecular flexibility index (Phi) is 2.54. The summed E-state index contributed by atoms with van der Waals surface area (Å²) < 4.78 is 5.25. The van der Waals surface area contributed by atoms with Gasteiger partial charge in [-0.2, -0.15) is 4.98 Å². The second kappa shape index (κ2) is 3.87. The topological polar surface area (TPSA) is 64.9 Å². The van der Waals surface area contributed by atoms with Crippen molar-refractivity contribution >= 4 is 28.9 Å². The van der Waals surface area contributed by atoms with Crippen LogP contribution in [0, 0.1) is 0 Å². The first-order valence-electron chi connectivity index (χ1n) is 5.59. The number of rotatable bonds is 2. The summed E-state index contributed by atoms with van der Waals surface area (Å²) in [4.78, 5) is 4.38. The molecular formula is C12H11Cl2N3O. The summed E-state index contributed by atoms with van der Waals surface area (Å²) in [6.45, 7) is 2.11. The molecule has 0 saturated heterocycles. The highest BCUT2D eigenvalue weighted by molar-refractivity contribution is 6.37. The van der Waals surface area contributed by atoms with Crippen molar-refractivity contribution in [2.75, 3.05) is 5.73 Å². The first-order valence-corrected chi connectivity index (χ1v) is 6.34. The lowest BCUT2D eigenvalue weighted by Gasteiger charge is -2.04. The Morgan fingerprint density at radius 1 is 1.33 bits per heavy atom. The summed E-state index contributed by atoms with van der Waals surface area (Å²) in [7, 11) is 0. The number of nitrogens with zero attached hydrogens (tertiary/aromatic N) is 2. The molecule has 3 rings (SSSR count). The third-order valence-corrected chi connectivity index (χ3v) is 3.82. The van der Waals surface area contributed by atoms with Gasteiger partial charge in [-0.25, -0.2) is 0 Å². The molecule has 0 radical (unpaired) electrons. The van der Waals surface area contributed by atoms with Crippen molar-refractivity contribution in [3.8, 4) is 11.5 Å². The van der Waals surface area contributed by atoms with E-state index in [1.807, 2.05) is 0 Å². The van der Waals surface area contributed by atoms with Crippen LogP contribution in [0.15, 0.2) is 16.7 Å². The molecule has 1 saturated carbocycles. The lowest BCUT2D eigenvalue weighted by atomic mass is 10.1. The number of nitrogen functional groups attached to an aromatic ring is 1. The number of aromatic nitrogens is 2. The monoisotopic (exact) mass is 283 g/mol. The zero-order chi connectivity index (χ0) is 12.9. The van der Waals surface area contributed by atoms with Crippen LogP contribution in [0.1, 0.15) is 25.6 Å². The lowest BCUT2D eigenvalue weighted by Crippen LogP contribution is -2.02. The molecule has 4 nitrogen and oxygen atoms in total. The Hall–Kier alpha value is -1.26. The van der Waals surface area contributed by atoms with Crippen LogP contribution >= 0.6 is 23.2 Å². The zero-order valence-corrected chi connectivity index (χ0v) is 11.2. The number of nitrogens with two attached hydrogens (primary N) is 1. The molecule has 2 aromatic rings. The molecule has 1 aromatic carbocycles. The van der Waals surface area contributed by atoms with Crippen LogP contribution in [0.25, 0.3) is 11.5 Å². The van der Waals surface area contributed by atoms with Crippen LogP contribution in [0.5, 0.6) is 0 Å². The van der Waals surface area contributed by atoms with E-state index in [1.165, 1.54) is 0 Å². The Labute approximate surface area is 114 Å². The van der Waals surface area contributed by atoms with Crippen molar-refractivity contribution in [1.29, 1.82) is 0 Å². The van der Waals surface area contributed by atoms with E-state index in [2.05, 4.69) is 17.1 Å². The van der Waals surface area contributed by atoms with Crippen LogP contribution in [-0.2, 0) is 5.41 Å². The molecule has 2 N–H and O–H groups in total. The van der Waals surface area contributed by atoms with E-state index in [4.69, 9.17) is 33.5 Å². The molecule has 18 heavy (non-hydrogen) atoms. The molecule has 0 atom stereocenters. The Morgan fingerprint density at radius 3 is 2.72 bits per heavy atom. The van der Waals surface area contributed by atoms with Crippen LogP contribution in [0.2, 0.25) is 10.0 Å². The fourth-order valence-electron chi connectivity index (χ4n) is 1.75. The normalized spacial score (nSPS) is 16.8. The van der Waals surface area contributed by atoms with E-state index in [1.54, 1.807) is 12.1 Å². The molecule has 0 bridgehead atoms. The lowest BCUT2D eigenvalue weighted by molar-refractivity contribution is 0.416. The Balaban J connectivity index is 2.07. The highest BCUT2D eigenvalue weighted by atomic mass is 35.5. The summed E-state index contributed by atoms with van der Waals surface area (Å²) in [6, 6.07) is 3.26. The van der Waals surface area contributed by atoms with Crippen molar-refractivity contribution in [3.05, 3.63) is 28.0 Å². The van der Waals surface area contributed by atoms with Crippen molar-refractivity contribution in [2.24, 2.45) is 0 Å². The molecule has 6 heteroatoms. The van der Waals surface area contributed by atoms with Gasteiger partial charge in [-0.05, 0) is 25.0 Å². The molecule has 0 amide bonds. The molecule has 1 aromatic heterocycles. The highest BCUT2D eigenvalue weighted by Gasteiger charge is 2.43. The Bertz CT molecular complexity index is 620. The van der Waals surface area contributed by atoms with Crippen LogP contribution in [-0.4, -0.2) is 10.1 Å². The van der Waals surface area contributed by atoms with E-state index in [0.717, 1.165) is 12.8 Å². The first kappa shape index (κ1) is 11.8. The third-order valence-electron chi connectivity index (χ3n) is 3.29. The number of anilines is 1. The average molecular weight is 284 g/mol. The molecule has 0 aliphatic heterocycles. The second-order valence-electron chi connectivity index (χ2n) is 4.83. The van der Waals surface area contributed by atoms with E-state index >= 15 is 0 Å². The standard InChI is InChI=1S/C12H11Cl2N3O/c1-12(2-3-12)11-16-10(18-17-11)7-4-6(13)5-8(14)9(7)15/h4-5H,2-3,15H2,1H3. The van der Waals surface area contributed by atoms with Gasteiger partial charge in [-0.15, -0.1) is 0 Å². The van der Waals surface area contributed by atoms with Gasteiger partial charge in [0.25, 0.3) is 5.89 Å². The minimum Gasteiger partial charge on any atom is -0.397 e. The predicted octanol–water partition coefficient (Wildman–Crippen LogP) is 3.68. The van der Waals surface area contributed by atoms with Crippen LogP contribution < -0.4 is 5.73 Å². The third kappa shape index (κ3) is 1.85. The molecule has 94 valence electrons. The van der Waals surface area contributed by atoms with E-state index < -0.39 is 0 Å². The molecule has 1 fully saturated rings. The quantitative estimate of drug-likeness (QED) is 0.854. The van der Waals surface area contributed by atoms with Crippen molar-refractivity contribution in [1.82, 2.24) is 10.1 Å². The van der Waals surface area contributed by atoms with Crippen molar-refractivity contribution < 1.29 is 4.52 Å². The fraction of sp³-hybridized carbons (Fsp3) is 0.333. The number of benzene rings is 1. The summed E-state index contributed by atoms with van der Waals surface area (Å²) in [6.07, 6.45) is 2.16.